The number of imide groups is 1. The van der Waals surface area contributed by atoms with E-state index in [0.29, 0.717) is 9.13 Å². The van der Waals surface area contributed by atoms with E-state index >= 15 is 0 Å². The molecule has 2 rings (SSSR count). The monoisotopic (exact) mass is 305 g/mol. The number of benzene rings is 1. The van der Waals surface area contributed by atoms with E-state index in [1.807, 2.05) is 0 Å². The number of fused-ring (bicyclic) bond motifs is 1. The fourth-order valence-corrected chi connectivity index (χ4v) is 4.60. The Hall–Kier alpha value is -0.950. The Kier molecular flexibility index (Phi) is 2.28. The molecule has 1 heterocycles. The predicted octanol–water partition coefficient (Wildman–Crippen LogP) is 1.19. The first kappa shape index (κ1) is 9.60. The zero-order chi connectivity index (χ0) is 10.3. The number of halogens is 1. The molecule has 0 spiro atoms. The molecule has 0 aromatic heterocycles. The standard InChI is InChI=1S/C9H8INO3/c1-6(12)11-9(13)7-4-2-3-5-8(7)10(11)14/h2-5,14H,1H3. The molecule has 1 aromatic rings. The average Bonchev–Trinajstić information content (AvgIpc) is 2.41. The van der Waals surface area contributed by atoms with Gasteiger partial charge >= 0.3 is 88.8 Å². The summed E-state index contributed by atoms with van der Waals surface area (Å²) in [6.07, 6.45) is 0. The van der Waals surface area contributed by atoms with Gasteiger partial charge in [-0.1, -0.05) is 0 Å². The van der Waals surface area contributed by atoms with Crippen LogP contribution in [0.25, 0.3) is 0 Å². The van der Waals surface area contributed by atoms with Crippen LogP contribution in [0, 0.1) is 3.57 Å². The SMILES string of the molecule is CC(=O)N1C(=O)c2ccccc2I1O. The minimum absolute atomic E-state index is 0.360. The fourth-order valence-electron chi connectivity index (χ4n) is 1.31. The van der Waals surface area contributed by atoms with E-state index < -0.39 is 20.5 Å². The van der Waals surface area contributed by atoms with Gasteiger partial charge in [-0.15, -0.1) is 0 Å². The maximum atomic E-state index is 11.6. The topological polar surface area (TPSA) is 57.6 Å². The Balaban J connectivity index is 2.53. The van der Waals surface area contributed by atoms with Gasteiger partial charge in [0.25, 0.3) is 0 Å². The van der Waals surface area contributed by atoms with Crippen molar-refractivity contribution in [1.29, 1.82) is 0 Å². The van der Waals surface area contributed by atoms with Crippen LogP contribution in [-0.4, -0.2) is 18.4 Å². The summed E-state index contributed by atoms with van der Waals surface area (Å²) in [6.45, 7) is 1.30. The molecule has 1 aromatic carbocycles. The van der Waals surface area contributed by atoms with Crippen molar-refractivity contribution < 1.29 is 13.0 Å². The van der Waals surface area contributed by atoms with Crippen molar-refractivity contribution in [3.63, 3.8) is 0 Å². The second kappa shape index (κ2) is 3.32. The van der Waals surface area contributed by atoms with Crippen molar-refractivity contribution in [3.05, 3.63) is 33.4 Å². The van der Waals surface area contributed by atoms with Crippen molar-refractivity contribution >= 4 is 32.3 Å². The third-order valence-corrected chi connectivity index (χ3v) is 5.91. The molecular weight excluding hydrogens is 297 g/mol. The Morgan fingerprint density at radius 3 is 2.64 bits per heavy atom. The summed E-state index contributed by atoms with van der Waals surface area (Å²) in [5.74, 6) is -0.736. The molecule has 0 radical (unpaired) electrons. The number of hydrogen-bond acceptors (Lipinski definition) is 3. The van der Waals surface area contributed by atoms with Crippen LogP contribution in [0.1, 0.15) is 17.3 Å². The normalized spacial score (nSPS) is 17.1. The molecule has 4 nitrogen and oxygen atoms in total. The van der Waals surface area contributed by atoms with Gasteiger partial charge in [0.2, 0.25) is 0 Å². The van der Waals surface area contributed by atoms with Crippen molar-refractivity contribution in [3.8, 4) is 0 Å². The van der Waals surface area contributed by atoms with Gasteiger partial charge in [0.1, 0.15) is 0 Å². The van der Waals surface area contributed by atoms with Crippen molar-refractivity contribution in [1.82, 2.24) is 3.11 Å². The fraction of sp³-hybridized carbons (Fsp3) is 0.111. The number of rotatable bonds is 0. The predicted molar refractivity (Wildman–Crippen MR) is 58.2 cm³/mol. The van der Waals surface area contributed by atoms with Gasteiger partial charge < -0.3 is 0 Å². The van der Waals surface area contributed by atoms with Crippen LogP contribution in [0.2, 0.25) is 0 Å². The molecule has 14 heavy (non-hydrogen) atoms. The summed E-state index contributed by atoms with van der Waals surface area (Å²) in [5.41, 5.74) is 0.468. The Labute approximate surface area is 88.8 Å². The van der Waals surface area contributed by atoms with Gasteiger partial charge in [-0.05, 0) is 0 Å². The van der Waals surface area contributed by atoms with Gasteiger partial charge in [-0.25, -0.2) is 0 Å². The summed E-state index contributed by atoms with van der Waals surface area (Å²) >= 11 is -2.72. The zero-order valence-corrected chi connectivity index (χ0v) is 9.56. The van der Waals surface area contributed by atoms with Crippen molar-refractivity contribution in [2.75, 3.05) is 0 Å². The molecule has 74 valence electrons. The van der Waals surface area contributed by atoms with Crippen LogP contribution in [-0.2, 0) is 4.79 Å². The van der Waals surface area contributed by atoms with Crippen LogP contribution in [0.4, 0.5) is 0 Å². The minimum atomic E-state index is -2.72. The molecule has 1 aliphatic heterocycles. The van der Waals surface area contributed by atoms with Gasteiger partial charge in [0.05, 0.1) is 0 Å². The molecule has 0 atom stereocenters. The molecule has 0 saturated carbocycles. The van der Waals surface area contributed by atoms with Crippen LogP contribution in [0.15, 0.2) is 24.3 Å². The molecule has 0 unspecified atom stereocenters. The number of hydrogen-bond donors (Lipinski definition) is 1. The number of carbonyl (C=O) groups excluding carboxylic acids is 2. The Bertz CT molecular complexity index is 418. The van der Waals surface area contributed by atoms with Crippen molar-refractivity contribution in [2.45, 2.75) is 6.92 Å². The summed E-state index contributed by atoms with van der Waals surface area (Å²) in [7, 11) is 0. The Morgan fingerprint density at radius 2 is 2.07 bits per heavy atom. The molecule has 0 fully saturated rings. The molecule has 2 amide bonds. The summed E-state index contributed by atoms with van der Waals surface area (Å²) in [6, 6.07) is 6.84. The molecule has 0 bridgehead atoms. The Morgan fingerprint density at radius 1 is 1.43 bits per heavy atom. The first-order valence-electron chi connectivity index (χ1n) is 3.96. The first-order valence-corrected chi connectivity index (χ1v) is 6.97. The van der Waals surface area contributed by atoms with Crippen molar-refractivity contribution in [2.24, 2.45) is 0 Å². The van der Waals surface area contributed by atoms with E-state index in [1.54, 1.807) is 24.3 Å². The molecule has 0 saturated heterocycles. The molecule has 5 heteroatoms. The van der Waals surface area contributed by atoms with E-state index in [4.69, 9.17) is 0 Å². The van der Waals surface area contributed by atoms with Crippen LogP contribution < -0.4 is 0 Å². The molecule has 1 aliphatic rings. The van der Waals surface area contributed by atoms with Gasteiger partial charge in [0, 0.05) is 0 Å². The van der Waals surface area contributed by atoms with Crippen LogP contribution in [0.3, 0.4) is 0 Å². The van der Waals surface area contributed by atoms with Crippen LogP contribution in [0.5, 0.6) is 0 Å². The second-order valence-electron chi connectivity index (χ2n) is 2.83. The quantitative estimate of drug-likeness (QED) is 0.578. The summed E-state index contributed by atoms with van der Waals surface area (Å²) in [4.78, 5) is 22.8. The van der Waals surface area contributed by atoms with E-state index in [0.717, 1.165) is 3.11 Å². The second-order valence-corrected chi connectivity index (χ2v) is 6.35. The van der Waals surface area contributed by atoms with Crippen LogP contribution >= 0.6 is 20.5 Å². The van der Waals surface area contributed by atoms with E-state index in [1.165, 1.54) is 6.92 Å². The first-order chi connectivity index (χ1) is 6.63. The third kappa shape index (κ3) is 1.24. The van der Waals surface area contributed by atoms with Gasteiger partial charge in [-0.2, -0.15) is 0 Å². The average molecular weight is 305 g/mol. The summed E-state index contributed by atoms with van der Waals surface area (Å²) < 4.78 is 11.5. The third-order valence-electron chi connectivity index (χ3n) is 1.90. The van der Waals surface area contributed by atoms with E-state index in [-0.39, 0.29) is 11.8 Å². The molecule has 1 N–H and O–H groups in total. The van der Waals surface area contributed by atoms with E-state index in [2.05, 4.69) is 0 Å². The zero-order valence-electron chi connectivity index (χ0n) is 7.40. The molecular formula is C9H8INO3. The van der Waals surface area contributed by atoms with Gasteiger partial charge in [0.15, 0.2) is 0 Å². The number of carbonyl (C=O) groups is 2. The maximum absolute atomic E-state index is 11.6. The number of amides is 2. The number of nitrogens with zero attached hydrogens (tertiary/aromatic N) is 1. The van der Waals surface area contributed by atoms with E-state index in [9.17, 15) is 13.0 Å². The van der Waals surface area contributed by atoms with Gasteiger partial charge in [-0.3, -0.25) is 0 Å². The molecule has 0 aliphatic carbocycles. The summed E-state index contributed by atoms with van der Waals surface area (Å²) in [5, 5.41) is 0.